The summed E-state index contributed by atoms with van der Waals surface area (Å²) < 4.78 is 0. The Balaban J connectivity index is 1.81. The third kappa shape index (κ3) is 4.17. The minimum atomic E-state index is -0.00906. The molecule has 1 aromatic carbocycles. The molecule has 0 radical (unpaired) electrons. The monoisotopic (exact) mass is 399 g/mol. The number of carbonyl (C=O) groups excluding carboxylic acids is 1. The third-order valence-electron chi connectivity index (χ3n) is 4.64. The van der Waals surface area contributed by atoms with Crippen molar-refractivity contribution >= 4 is 44.9 Å². The van der Waals surface area contributed by atoms with Gasteiger partial charge in [-0.3, -0.25) is 4.79 Å². The van der Waals surface area contributed by atoms with Crippen LogP contribution in [0.1, 0.15) is 47.2 Å². The van der Waals surface area contributed by atoms with Crippen molar-refractivity contribution in [1.29, 1.82) is 0 Å². The molecule has 0 saturated carbocycles. The molecule has 1 N–H and O–H groups in total. The second-order valence-electron chi connectivity index (χ2n) is 7.07. The van der Waals surface area contributed by atoms with Crippen molar-refractivity contribution in [3.8, 4) is 0 Å². The van der Waals surface area contributed by atoms with Crippen molar-refractivity contribution in [2.45, 2.75) is 52.5 Å². The molecule has 0 atom stereocenters. The van der Waals surface area contributed by atoms with Crippen LogP contribution in [0, 0.1) is 27.7 Å². The maximum Gasteiger partial charge on any atom is 0.234 e. The normalized spacial score (nSPS) is 11.4. The lowest BCUT2D eigenvalue weighted by Crippen LogP contribution is -2.16. The third-order valence-corrected chi connectivity index (χ3v) is 6.72. The smallest absolute Gasteiger partial charge is 0.234 e. The lowest BCUT2D eigenvalue weighted by Gasteiger charge is -2.16. The van der Waals surface area contributed by atoms with E-state index in [-0.39, 0.29) is 5.91 Å². The van der Waals surface area contributed by atoms with Gasteiger partial charge in [-0.2, -0.15) is 0 Å². The van der Waals surface area contributed by atoms with Gasteiger partial charge < -0.3 is 5.32 Å². The molecule has 0 aliphatic rings. The highest BCUT2D eigenvalue weighted by Gasteiger charge is 2.16. The average molecular weight is 400 g/mol. The fourth-order valence-electron chi connectivity index (χ4n) is 3.07. The van der Waals surface area contributed by atoms with E-state index in [0.29, 0.717) is 11.7 Å². The Morgan fingerprint density at radius 1 is 1.19 bits per heavy atom. The van der Waals surface area contributed by atoms with Gasteiger partial charge in [0.15, 0.2) is 0 Å². The number of benzene rings is 1. The topological polar surface area (TPSA) is 54.9 Å². The maximum atomic E-state index is 12.7. The number of thioether (sulfide) groups is 1. The Hall–Kier alpha value is -1.92. The van der Waals surface area contributed by atoms with Gasteiger partial charge in [0.25, 0.3) is 0 Å². The standard InChI is InChI=1S/C21H25N3OS2/c1-11(2)16-9-7-8-12(3)19(16)24-17(25)10-26-20-18-13(4)14(5)27-21(18)23-15(6)22-20/h7-9,11H,10H2,1-6H3,(H,24,25). The molecule has 0 aliphatic heterocycles. The molecule has 4 nitrogen and oxygen atoms in total. The highest BCUT2D eigenvalue weighted by Crippen LogP contribution is 2.35. The first-order valence-corrected chi connectivity index (χ1v) is 10.8. The minimum absolute atomic E-state index is 0.00906. The largest absolute Gasteiger partial charge is 0.325 e. The molecule has 0 fully saturated rings. The number of rotatable bonds is 5. The molecular weight excluding hydrogens is 374 g/mol. The summed E-state index contributed by atoms with van der Waals surface area (Å²) in [5.74, 6) is 1.41. The number of anilines is 1. The first kappa shape index (κ1) is 19.8. The van der Waals surface area contributed by atoms with Crippen molar-refractivity contribution in [3.05, 3.63) is 45.6 Å². The van der Waals surface area contributed by atoms with Crippen molar-refractivity contribution in [2.24, 2.45) is 0 Å². The van der Waals surface area contributed by atoms with E-state index < -0.39 is 0 Å². The Morgan fingerprint density at radius 2 is 1.93 bits per heavy atom. The molecule has 3 aromatic rings. The summed E-state index contributed by atoms with van der Waals surface area (Å²) in [7, 11) is 0. The van der Waals surface area contributed by atoms with Gasteiger partial charge in [-0.05, 0) is 50.3 Å². The molecule has 0 aliphatic carbocycles. The van der Waals surface area contributed by atoms with Crippen molar-refractivity contribution in [2.75, 3.05) is 11.1 Å². The van der Waals surface area contributed by atoms with Crippen LogP contribution in [0.3, 0.4) is 0 Å². The predicted octanol–water partition coefficient (Wildman–Crippen LogP) is 5.78. The number of nitrogens with one attached hydrogen (secondary N) is 1. The SMILES string of the molecule is Cc1nc(SCC(=O)Nc2c(C)cccc2C(C)C)c2c(C)c(C)sc2n1. The number of para-hydroxylation sites is 1. The van der Waals surface area contributed by atoms with E-state index in [0.717, 1.165) is 37.9 Å². The van der Waals surface area contributed by atoms with Gasteiger partial charge in [0.05, 0.1) is 5.75 Å². The number of aryl methyl sites for hydroxylation is 4. The second kappa shape index (κ2) is 7.98. The minimum Gasteiger partial charge on any atom is -0.325 e. The number of amides is 1. The van der Waals surface area contributed by atoms with E-state index in [1.165, 1.54) is 22.2 Å². The van der Waals surface area contributed by atoms with Crippen LogP contribution in [0.2, 0.25) is 0 Å². The van der Waals surface area contributed by atoms with Gasteiger partial charge in [-0.25, -0.2) is 9.97 Å². The van der Waals surface area contributed by atoms with Crippen molar-refractivity contribution in [3.63, 3.8) is 0 Å². The molecular formula is C21H25N3OS2. The van der Waals surface area contributed by atoms with Crippen LogP contribution < -0.4 is 5.32 Å². The van der Waals surface area contributed by atoms with E-state index in [1.807, 2.05) is 26.0 Å². The zero-order chi connectivity index (χ0) is 19.7. The van der Waals surface area contributed by atoms with Crippen LogP contribution in [0.25, 0.3) is 10.2 Å². The molecule has 0 spiro atoms. The first-order valence-electron chi connectivity index (χ1n) is 9.04. The lowest BCUT2D eigenvalue weighted by atomic mass is 9.98. The number of nitrogens with zero attached hydrogens (tertiary/aromatic N) is 2. The van der Waals surface area contributed by atoms with Gasteiger partial charge in [0.1, 0.15) is 15.7 Å². The summed E-state index contributed by atoms with van der Waals surface area (Å²) in [6, 6.07) is 6.15. The van der Waals surface area contributed by atoms with Crippen LogP contribution in [-0.4, -0.2) is 21.6 Å². The molecule has 6 heteroatoms. The number of aromatic nitrogens is 2. The molecule has 2 heterocycles. The highest BCUT2D eigenvalue weighted by molar-refractivity contribution is 8.00. The number of hydrogen-bond donors (Lipinski definition) is 1. The Bertz CT molecular complexity index is 1010. The summed E-state index contributed by atoms with van der Waals surface area (Å²) >= 11 is 3.17. The van der Waals surface area contributed by atoms with Crippen LogP contribution >= 0.6 is 23.1 Å². The van der Waals surface area contributed by atoms with Crippen molar-refractivity contribution in [1.82, 2.24) is 9.97 Å². The second-order valence-corrected chi connectivity index (χ2v) is 9.24. The van der Waals surface area contributed by atoms with E-state index >= 15 is 0 Å². The lowest BCUT2D eigenvalue weighted by molar-refractivity contribution is -0.113. The predicted molar refractivity (Wildman–Crippen MR) is 116 cm³/mol. The Labute approximate surface area is 168 Å². The van der Waals surface area contributed by atoms with Gasteiger partial charge in [0, 0.05) is 16.0 Å². The quantitative estimate of drug-likeness (QED) is 0.436. The number of carbonyl (C=O) groups is 1. The van der Waals surface area contributed by atoms with Crippen LogP contribution in [0.15, 0.2) is 23.2 Å². The first-order chi connectivity index (χ1) is 12.8. The molecule has 0 unspecified atom stereocenters. The van der Waals surface area contributed by atoms with Crippen LogP contribution in [0.5, 0.6) is 0 Å². The van der Waals surface area contributed by atoms with Crippen LogP contribution in [-0.2, 0) is 4.79 Å². The highest BCUT2D eigenvalue weighted by atomic mass is 32.2. The van der Waals surface area contributed by atoms with Gasteiger partial charge >= 0.3 is 0 Å². The number of thiophene rings is 1. The molecule has 0 saturated heterocycles. The summed E-state index contributed by atoms with van der Waals surface area (Å²) in [6.07, 6.45) is 0. The zero-order valence-electron chi connectivity index (χ0n) is 16.6. The van der Waals surface area contributed by atoms with E-state index in [4.69, 9.17) is 0 Å². The fraction of sp³-hybridized carbons (Fsp3) is 0.381. The Kier molecular flexibility index (Phi) is 5.86. The summed E-state index contributed by atoms with van der Waals surface area (Å²) in [5.41, 5.74) is 4.39. The Morgan fingerprint density at radius 3 is 2.63 bits per heavy atom. The zero-order valence-corrected chi connectivity index (χ0v) is 18.3. The molecule has 0 bridgehead atoms. The summed E-state index contributed by atoms with van der Waals surface area (Å²) in [5, 5.41) is 5.09. The summed E-state index contributed by atoms with van der Waals surface area (Å²) in [6.45, 7) is 12.4. The van der Waals surface area contributed by atoms with Gasteiger partial charge in [-0.15, -0.1) is 11.3 Å². The number of hydrogen-bond acceptors (Lipinski definition) is 5. The molecule has 3 rings (SSSR count). The molecule has 2 aromatic heterocycles. The van der Waals surface area contributed by atoms with Gasteiger partial charge in [-0.1, -0.05) is 43.8 Å². The molecule has 142 valence electrons. The van der Waals surface area contributed by atoms with Gasteiger partial charge in [0.2, 0.25) is 5.91 Å². The van der Waals surface area contributed by atoms with Crippen LogP contribution in [0.4, 0.5) is 5.69 Å². The van der Waals surface area contributed by atoms with E-state index in [1.54, 1.807) is 11.3 Å². The number of fused-ring (bicyclic) bond motifs is 1. The van der Waals surface area contributed by atoms with Crippen molar-refractivity contribution < 1.29 is 4.79 Å². The maximum absolute atomic E-state index is 12.7. The van der Waals surface area contributed by atoms with E-state index in [9.17, 15) is 4.79 Å². The van der Waals surface area contributed by atoms with E-state index in [2.05, 4.69) is 49.0 Å². The fourth-order valence-corrected chi connectivity index (χ4v) is 5.14. The summed E-state index contributed by atoms with van der Waals surface area (Å²) in [4.78, 5) is 24.0. The average Bonchev–Trinajstić information content (AvgIpc) is 2.88. The molecule has 1 amide bonds. The molecule has 27 heavy (non-hydrogen) atoms.